The molecule has 0 amide bonds. The summed E-state index contributed by atoms with van der Waals surface area (Å²) in [5, 5.41) is 21.0. The predicted octanol–water partition coefficient (Wildman–Crippen LogP) is 3.16. The summed E-state index contributed by atoms with van der Waals surface area (Å²) in [5.74, 6) is -0.0904. The van der Waals surface area contributed by atoms with Crippen LogP contribution >= 0.6 is 0 Å². The van der Waals surface area contributed by atoms with Gasteiger partial charge in [-0.05, 0) is 37.1 Å². The highest BCUT2D eigenvalue weighted by Gasteiger charge is 2.35. The van der Waals surface area contributed by atoms with Crippen molar-refractivity contribution in [2.45, 2.75) is 38.4 Å². The first-order valence-electron chi connectivity index (χ1n) is 6.09. The Balaban J connectivity index is 2.42. The number of benzene rings is 1. The molecular formula is C14H17FO3. The number of halogens is 1. The van der Waals surface area contributed by atoms with E-state index in [9.17, 15) is 14.6 Å². The lowest BCUT2D eigenvalue weighted by atomic mass is 9.89. The van der Waals surface area contributed by atoms with Crippen LogP contribution in [0.3, 0.4) is 0 Å². The summed E-state index contributed by atoms with van der Waals surface area (Å²) < 4.78 is 18.5. The highest BCUT2D eigenvalue weighted by molar-refractivity contribution is 5.78. The van der Waals surface area contributed by atoms with Crippen LogP contribution in [0.1, 0.15) is 38.6 Å². The molecule has 2 aromatic rings. The van der Waals surface area contributed by atoms with Gasteiger partial charge in [0.15, 0.2) is 0 Å². The van der Waals surface area contributed by atoms with Crippen LogP contribution in [0, 0.1) is 5.82 Å². The molecule has 3 nitrogen and oxygen atoms in total. The molecule has 1 aromatic heterocycles. The zero-order valence-electron chi connectivity index (χ0n) is 10.5. The van der Waals surface area contributed by atoms with Gasteiger partial charge in [0.25, 0.3) is 0 Å². The van der Waals surface area contributed by atoms with Crippen molar-refractivity contribution in [1.29, 1.82) is 0 Å². The van der Waals surface area contributed by atoms with Gasteiger partial charge in [-0.25, -0.2) is 4.39 Å². The molecule has 2 rings (SSSR count). The second-order valence-electron chi connectivity index (χ2n) is 4.54. The Kier molecular flexibility index (Phi) is 3.41. The van der Waals surface area contributed by atoms with Gasteiger partial charge in [0.05, 0.1) is 5.60 Å². The Morgan fingerprint density at radius 2 is 1.94 bits per heavy atom. The van der Waals surface area contributed by atoms with Gasteiger partial charge in [-0.2, -0.15) is 0 Å². The second kappa shape index (κ2) is 4.71. The van der Waals surface area contributed by atoms with Crippen molar-refractivity contribution in [3.05, 3.63) is 35.8 Å². The van der Waals surface area contributed by atoms with Crippen LogP contribution < -0.4 is 0 Å². The molecule has 4 heteroatoms. The lowest BCUT2D eigenvalue weighted by molar-refractivity contribution is -0.0899. The minimum atomic E-state index is -1.22. The third-order valence-corrected chi connectivity index (χ3v) is 3.50. The minimum Gasteiger partial charge on any atom is -0.458 e. The number of fused-ring (bicyclic) bond motifs is 1. The maximum absolute atomic E-state index is 13.1. The zero-order valence-corrected chi connectivity index (χ0v) is 10.5. The topological polar surface area (TPSA) is 53.6 Å². The molecule has 1 unspecified atom stereocenters. The molecule has 98 valence electrons. The molecule has 0 saturated heterocycles. The fourth-order valence-electron chi connectivity index (χ4n) is 2.07. The molecule has 0 bridgehead atoms. The normalized spacial score (nSPS) is 14.1. The molecule has 0 aliphatic carbocycles. The second-order valence-corrected chi connectivity index (χ2v) is 4.54. The zero-order chi connectivity index (χ0) is 13.3. The molecule has 1 heterocycles. The highest BCUT2D eigenvalue weighted by Crippen LogP contribution is 2.34. The van der Waals surface area contributed by atoms with E-state index in [1.54, 1.807) is 19.9 Å². The maximum atomic E-state index is 13.1. The maximum Gasteiger partial charge on any atom is 0.140 e. The number of aliphatic hydroxyl groups is 2. The van der Waals surface area contributed by atoms with E-state index in [2.05, 4.69) is 0 Å². The van der Waals surface area contributed by atoms with Crippen molar-refractivity contribution in [2.24, 2.45) is 0 Å². The minimum absolute atomic E-state index is 0.266. The molecule has 0 saturated carbocycles. The molecule has 1 atom stereocenters. The number of furan rings is 1. The largest absolute Gasteiger partial charge is 0.458 e. The van der Waals surface area contributed by atoms with E-state index in [1.807, 2.05) is 0 Å². The average Bonchev–Trinajstić information content (AvgIpc) is 2.79. The van der Waals surface area contributed by atoms with Gasteiger partial charge >= 0.3 is 0 Å². The van der Waals surface area contributed by atoms with Crippen molar-refractivity contribution in [1.82, 2.24) is 0 Å². The lowest BCUT2D eigenvalue weighted by Crippen LogP contribution is -2.34. The third kappa shape index (κ3) is 2.13. The van der Waals surface area contributed by atoms with Crippen molar-refractivity contribution < 1.29 is 19.0 Å². The van der Waals surface area contributed by atoms with E-state index >= 15 is 0 Å². The standard InChI is InChI=1S/C14H17FO3/c1-3-14(17,4-2)13(16)12-8-9-7-10(15)5-6-11(9)18-12/h5-8,13,16-17H,3-4H2,1-2H3. The Labute approximate surface area is 105 Å². The van der Waals surface area contributed by atoms with E-state index in [0.717, 1.165) is 0 Å². The monoisotopic (exact) mass is 252 g/mol. The van der Waals surface area contributed by atoms with Gasteiger partial charge in [0.2, 0.25) is 0 Å². The quantitative estimate of drug-likeness (QED) is 0.878. The van der Waals surface area contributed by atoms with Gasteiger partial charge in [0.1, 0.15) is 23.3 Å². The highest BCUT2D eigenvalue weighted by atomic mass is 19.1. The molecule has 18 heavy (non-hydrogen) atoms. The predicted molar refractivity (Wildman–Crippen MR) is 66.7 cm³/mol. The van der Waals surface area contributed by atoms with Gasteiger partial charge in [0, 0.05) is 5.39 Å². The van der Waals surface area contributed by atoms with E-state index in [0.29, 0.717) is 23.8 Å². The smallest absolute Gasteiger partial charge is 0.140 e. The van der Waals surface area contributed by atoms with Crippen LogP contribution in [0.15, 0.2) is 28.7 Å². The van der Waals surface area contributed by atoms with E-state index in [4.69, 9.17) is 4.42 Å². The molecule has 0 spiro atoms. The molecule has 2 N–H and O–H groups in total. The third-order valence-electron chi connectivity index (χ3n) is 3.50. The Hall–Kier alpha value is -1.39. The number of hydrogen-bond acceptors (Lipinski definition) is 3. The molecule has 0 aliphatic heterocycles. The first-order chi connectivity index (χ1) is 8.50. The fraction of sp³-hybridized carbons (Fsp3) is 0.429. The first-order valence-corrected chi connectivity index (χ1v) is 6.09. The lowest BCUT2D eigenvalue weighted by Gasteiger charge is -2.29. The van der Waals surface area contributed by atoms with Crippen LogP contribution in [-0.2, 0) is 0 Å². The van der Waals surface area contributed by atoms with Crippen molar-refractivity contribution in [2.75, 3.05) is 0 Å². The van der Waals surface area contributed by atoms with Crippen LogP contribution in [0.5, 0.6) is 0 Å². The molecular weight excluding hydrogens is 235 g/mol. The molecule has 0 radical (unpaired) electrons. The Bertz CT molecular complexity index is 543. The Morgan fingerprint density at radius 3 is 2.56 bits per heavy atom. The van der Waals surface area contributed by atoms with Gasteiger partial charge in [-0.1, -0.05) is 13.8 Å². The van der Waals surface area contributed by atoms with Crippen LogP contribution in [0.25, 0.3) is 11.0 Å². The number of hydrogen-bond donors (Lipinski definition) is 2. The number of aliphatic hydroxyl groups excluding tert-OH is 1. The summed E-state index contributed by atoms with van der Waals surface area (Å²) in [6.45, 7) is 3.60. The van der Waals surface area contributed by atoms with Crippen molar-refractivity contribution >= 4 is 11.0 Å². The van der Waals surface area contributed by atoms with Crippen LogP contribution in [0.4, 0.5) is 4.39 Å². The van der Waals surface area contributed by atoms with Crippen LogP contribution in [-0.4, -0.2) is 15.8 Å². The summed E-state index contributed by atoms with van der Waals surface area (Å²) in [6, 6.07) is 5.72. The SMILES string of the molecule is CCC(O)(CC)C(O)c1cc2cc(F)ccc2o1. The molecule has 1 aromatic carbocycles. The summed E-state index contributed by atoms with van der Waals surface area (Å²) in [7, 11) is 0. The molecule has 0 aliphatic rings. The van der Waals surface area contributed by atoms with Gasteiger partial charge < -0.3 is 14.6 Å². The fourth-order valence-corrected chi connectivity index (χ4v) is 2.07. The average molecular weight is 252 g/mol. The molecule has 0 fully saturated rings. The summed E-state index contributed by atoms with van der Waals surface area (Å²) in [6.07, 6.45) is -0.283. The van der Waals surface area contributed by atoms with Crippen molar-refractivity contribution in [3.8, 4) is 0 Å². The van der Waals surface area contributed by atoms with E-state index < -0.39 is 11.7 Å². The van der Waals surface area contributed by atoms with E-state index in [1.165, 1.54) is 18.2 Å². The van der Waals surface area contributed by atoms with Gasteiger partial charge in [-0.15, -0.1) is 0 Å². The summed E-state index contributed by atoms with van der Waals surface area (Å²) in [5.41, 5.74) is -0.716. The summed E-state index contributed by atoms with van der Waals surface area (Å²) in [4.78, 5) is 0. The van der Waals surface area contributed by atoms with Crippen molar-refractivity contribution in [3.63, 3.8) is 0 Å². The van der Waals surface area contributed by atoms with Crippen LogP contribution in [0.2, 0.25) is 0 Å². The Morgan fingerprint density at radius 1 is 1.28 bits per heavy atom. The van der Waals surface area contributed by atoms with E-state index in [-0.39, 0.29) is 11.6 Å². The van der Waals surface area contributed by atoms with Gasteiger partial charge in [-0.3, -0.25) is 0 Å². The summed E-state index contributed by atoms with van der Waals surface area (Å²) >= 11 is 0. The first kappa shape index (κ1) is 13.1. The number of rotatable bonds is 4.